The van der Waals surface area contributed by atoms with E-state index in [4.69, 9.17) is 5.11 Å². The average Bonchev–Trinajstić information content (AvgIpc) is 2.27. The van der Waals surface area contributed by atoms with Crippen molar-refractivity contribution in [2.45, 2.75) is 19.4 Å². The molecule has 94 valence electrons. The Hall–Kier alpha value is -1.85. The molecule has 0 aliphatic carbocycles. The molecule has 0 aliphatic heterocycles. The molecule has 0 saturated carbocycles. The van der Waals surface area contributed by atoms with E-state index in [9.17, 15) is 4.79 Å². The highest BCUT2D eigenvalue weighted by atomic mass is 16.4. The molecular weight excluding hydrogens is 220 g/mol. The fourth-order valence-electron chi connectivity index (χ4n) is 1.17. The van der Waals surface area contributed by atoms with E-state index >= 15 is 0 Å². The van der Waals surface area contributed by atoms with Crippen molar-refractivity contribution in [3.63, 3.8) is 0 Å². The summed E-state index contributed by atoms with van der Waals surface area (Å²) in [4.78, 5) is 22.9. The molecule has 0 bridgehead atoms. The van der Waals surface area contributed by atoms with E-state index in [1.807, 2.05) is 14.1 Å². The summed E-state index contributed by atoms with van der Waals surface area (Å²) in [5.41, 5.74) is -1.02. The van der Waals surface area contributed by atoms with Crippen molar-refractivity contribution in [2.75, 3.05) is 30.9 Å². The monoisotopic (exact) mass is 238 g/mol. The van der Waals surface area contributed by atoms with Crippen LogP contribution in [0.1, 0.15) is 13.8 Å². The van der Waals surface area contributed by atoms with Crippen LogP contribution in [0.3, 0.4) is 0 Å². The van der Waals surface area contributed by atoms with Crippen molar-refractivity contribution in [2.24, 2.45) is 0 Å². The molecule has 0 radical (unpaired) electrons. The van der Waals surface area contributed by atoms with Crippen LogP contribution in [-0.2, 0) is 4.79 Å². The molecule has 1 N–H and O–H groups in total. The normalized spacial score (nSPS) is 11.1. The lowest BCUT2D eigenvalue weighted by molar-refractivity contribution is -0.142. The third-order valence-corrected chi connectivity index (χ3v) is 2.73. The highest BCUT2D eigenvalue weighted by molar-refractivity contribution is 5.81. The van der Waals surface area contributed by atoms with E-state index in [1.165, 1.54) is 0 Å². The largest absolute Gasteiger partial charge is 0.480 e. The highest BCUT2D eigenvalue weighted by Crippen LogP contribution is 2.21. The number of carbonyl (C=O) groups is 1. The molecule has 0 aromatic carbocycles. The van der Waals surface area contributed by atoms with Crippen LogP contribution in [0.4, 0.5) is 11.8 Å². The number of rotatable bonds is 4. The fraction of sp³-hybridized carbons (Fsp3) is 0.545. The van der Waals surface area contributed by atoms with E-state index in [2.05, 4.69) is 9.97 Å². The van der Waals surface area contributed by atoms with Gasteiger partial charge in [-0.2, -0.15) is 4.98 Å². The second-order valence-electron chi connectivity index (χ2n) is 4.53. The number of hydrogen-bond donors (Lipinski definition) is 1. The van der Waals surface area contributed by atoms with Gasteiger partial charge in [0.05, 0.1) is 0 Å². The molecule has 1 heterocycles. The Morgan fingerprint density at radius 1 is 1.35 bits per heavy atom. The summed E-state index contributed by atoms with van der Waals surface area (Å²) < 4.78 is 0. The number of carboxylic acid groups (broad SMARTS) is 1. The van der Waals surface area contributed by atoms with E-state index in [1.54, 1.807) is 43.0 Å². The smallest absolute Gasteiger partial charge is 0.328 e. The molecule has 0 aliphatic rings. The van der Waals surface area contributed by atoms with E-state index in [-0.39, 0.29) is 0 Å². The Labute approximate surface area is 101 Å². The predicted molar refractivity (Wildman–Crippen MR) is 66.5 cm³/mol. The average molecular weight is 238 g/mol. The van der Waals surface area contributed by atoms with Crippen LogP contribution in [0.25, 0.3) is 0 Å². The second kappa shape index (κ2) is 4.57. The van der Waals surface area contributed by atoms with Crippen molar-refractivity contribution in [1.82, 2.24) is 9.97 Å². The van der Waals surface area contributed by atoms with Gasteiger partial charge in [-0.05, 0) is 19.9 Å². The molecule has 0 spiro atoms. The van der Waals surface area contributed by atoms with E-state index < -0.39 is 11.5 Å². The number of aliphatic carboxylic acids is 1. The third-order valence-electron chi connectivity index (χ3n) is 2.73. The molecule has 6 nitrogen and oxygen atoms in total. The van der Waals surface area contributed by atoms with Gasteiger partial charge in [0.1, 0.15) is 11.4 Å². The first-order valence-corrected chi connectivity index (χ1v) is 5.24. The van der Waals surface area contributed by atoms with Gasteiger partial charge in [0.15, 0.2) is 0 Å². The third kappa shape index (κ3) is 2.64. The molecule has 0 fully saturated rings. The maximum atomic E-state index is 11.2. The molecule has 1 aromatic rings. The summed E-state index contributed by atoms with van der Waals surface area (Å²) in [6.45, 7) is 3.26. The number of carboxylic acids is 1. The molecule has 17 heavy (non-hydrogen) atoms. The molecule has 0 amide bonds. The Morgan fingerprint density at radius 2 is 1.94 bits per heavy atom. The molecular formula is C11H18N4O2. The summed E-state index contributed by atoms with van der Waals surface area (Å²) in [6.07, 6.45) is 1.62. The summed E-state index contributed by atoms with van der Waals surface area (Å²) in [5.74, 6) is 0.233. The zero-order valence-corrected chi connectivity index (χ0v) is 10.8. The van der Waals surface area contributed by atoms with Crippen LogP contribution in [0.5, 0.6) is 0 Å². The SMILES string of the molecule is CN(C)c1nccc(N(C)C(C)(C)C(=O)O)n1. The van der Waals surface area contributed by atoms with Crippen LogP contribution < -0.4 is 9.80 Å². The van der Waals surface area contributed by atoms with E-state index in [0.717, 1.165) is 0 Å². The predicted octanol–water partition coefficient (Wildman–Crippen LogP) is 0.842. The Morgan fingerprint density at radius 3 is 2.41 bits per heavy atom. The maximum absolute atomic E-state index is 11.2. The number of hydrogen-bond acceptors (Lipinski definition) is 5. The first-order chi connectivity index (χ1) is 7.76. The van der Waals surface area contributed by atoms with Gasteiger partial charge in [-0.3, -0.25) is 0 Å². The highest BCUT2D eigenvalue weighted by Gasteiger charge is 2.33. The van der Waals surface area contributed by atoms with Gasteiger partial charge < -0.3 is 14.9 Å². The van der Waals surface area contributed by atoms with Crippen molar-refractivity contribution >= 4 is 17.7 Å². The van der Waals surface area contributed by atoms with Crippen molar-refractivity contribution in [3.05, 3.63) is 12.3 Å². The topological polar surface area (TPSA) is 69.6 Å². The van der Waals surface area contributed by atoms with Gasteiger partial charge in [0, 0.05) is 27.3 Å². The first kappa shape index (κ1) is 13.2. The van der Waals surface area contributed by atoms with Gasteiger partial charge in [-0.15, -0.1) is 0 Å². The first-order valence-electron chi connectivity index (χ1n) is 5.24. The van der Waals surface area contributed by atoms with Crippen molar-refractivity contribution < 1.29 is 9.90 Å². The summed E-state index contributed by atoms with van der Waals surface area (Å²) in [6, 6.07) is 1.69. The van der Waals surface area contributed by atoms with Gasteiger partial charge in [0.2, 0.25) is 5.95 Å². The lowest BCUT2D eigenvalue weighted by Gasteiger charge is -2.32. The molecule has 0 atom stereocenters. The van der Waals surface area contributed by atoms with Crippen LogP contribution in [-0.4, -0.2) is 47.7 Å². The zero-order valence-electron chi connectivity index (χ0n) is 10.8. The summed E-state index contributed by atoms with van der Waals surface area (Å²) >= 11 is 0. The van der Waals surface area contributed by atoms with Gasteiger partial charge in [-0.25, -0.2) is 9.78 Å². The number of aromatic nitrogens is 2. The summed E-state index contributed by atoms with van der Waals surface area (Å²) in [5, 5.41) is 9.16. The Kier molecular flexibility index (Phi) is 3.55. The number of likely N-dealkylation sites (N-methyl/N-ethyl adjacent to an activating group) is 1. The van der Waals surface area contributed by atoms with Crippen LogP contribution >= 0.6 is 0 Å². The standard InChI is InChI=1S/C11H18N4O2/c1-11(2,9(16)17)15(5)8-6-7-12-10(13-8)14(3)4/h6-7H,1-5H3,(H,16,17). The van der Waals surface area contributed by atoms with Gasteiger partial charge >= 0.3 is 5.97 Å². The minimum Gasteiger partial charge on any atom is -0.480 e. The van der Waals surface area contributed by atoms with Crippen molar-refractivity contribution in [3.8, 4) is 0 Å². The second-order valence-corrected chi connectivity index (χ2v) is 4.53. The molecule has 1 aromatic heterocycles. The van der Waals surface area contributed by atoms with Crippen LogP contribution in [0, 0.1) is 0 Å². The van der Waals surface area contributed by atoms with Gasteiger partial charge in [0.25, 0.3) is 0 Å². The zero-order chi connectivity index (χ0) is 13.2. The number of nitrogens with zero attached hydrogens (tertiary/aromatic N) is 4. The van der Waals surface area contributed by atoms with Crippen LogP contribution in [0.2, 0.25) is 0 Å². The Bertz CT molecular complexity index is 418. The quantitative estimate of drug-likeness (QED) is 0.838. The molecule has 0 saturated heterocycles. The number of anilines is 2. The maximum Gasteiger partial charge on any atom is 0.328 e. The molecule has 6 heteroatoms. The fourth-order valence-corrected chi connectivity index (χ4v) is 1.17. The summed E-state index contributed by atoms with van der Waals surface area (Å²) in [7, 11) is 5.37. The minimum absolute atomic E-state index is 0.551. The molecule has 1 rings (SSSR count). The molecule has 0 unspecified atom stereocenters. The Balaban J connectivity index is 3.08. The minimum atomic E-state index is -1.02. The van der Waals surface area contributed by atoms with Crippen molar-refractivity contribution in [1.29, 1.82) is 0 Å². The van der Waals surface area contributed by atoms with E-state index in [0.29, 0.717) is 11.8 Å². The lowest BCUT2D eigenvalue weighted by atomic mass is 10.0. The van der Waals surface area contributed by atoms with Crippen LogP contribution in [0.15, 0.2) is 12.3 Å². The van der Waals surface area contributed by atoms with Gasteiger partial charge in [-0.1, -0.05) is 0 Å². The lowest BCUT2D eigenvalue weighted by Crippen LogP contribution is -2.48.